The van der Waals surface area contributed by atoms with Gasteiger partial charge in [-0.3, -0.25) is 9.59 Å². The van der Waals surface area contributed by atoms with E-state index in [-0.39, 0.29) is 23.4 Å². The van der Waals surface area contributed by atoms with E-state index < -0.39 is 0 Å². The van der Waals surface area contributed by atoms with Crippen molar-refractivity contribution >= 4 is 11.6 Å². The number of hydrogen-bond donors (Lipinski definition) is 0. The first kappa shape index (κ1) is 13.5. The molecule has 2 heteroatoms. The minimum atomic E-state index is -0.0481. The second-order valence-corrected chi connectivity index (χ2v) is 6.24. The molecule has 0 heterocycles. The van der Waals surface area contributed by atoms with E-state index in [1.54, 1.807) is 0 Å². The van der Waals surface area contributed by atoms with E-state index in [0.717, 1.165) is 38.5 Å². The van der Waals surface area contributed by atoms with Crippen LogP contribution in [0.25, 0.3) is 0 Å². The number of unbranched alkanes of at least 4 members (excludes halogenated alkanes) is 1. The zero-order valence-electron chi connectivity index (χ0n) is 12.1. The fourth-order valence-corrected chi connectivity index (χ4v) is 4.06. The van der Waals surface area contributed by atoms with Crippen LogP contribution in [0.2, 0.25) is 0 Å². The van der Waals surface area contributed by atoms with Gasteiger partial charge >= 0.3 is 0 Å². The Bertz CT molecular complexity index is 532. The Morgan fingerprint density at radius 2 is 1.75 bits per heavy atom. The Morgan fingerprint density at radius 1 is 1.05 bits per heavy atom. The maximum atomic E-state index is 12.8. The molecule has 1 saturated carbocycles. The van der Waals surface area contributed by atoms with Crippen LogP contribution in [0.5, 0.6) is 0 Å². The van der Waals surface area contributed by atoms with Gasteiger partial charge in [0.25, 0.3) is 0 Å². The summed E-state index contributed by atoms with van der Waals surface area (Å²) in [6.45, 7) is 2.18. The van der Waals surface area contributed by atoms with E-state index in [2.05, 4.69) is 6.92 Å². The van der Waals surface area contributed by atoms with E-state index in [4.69, 9.17) is 0 Å². The molecule has 0 bridgehead atoms. The lowest BCUT2D eigenvalue weighted by Crippen LogP contribution is -2.43. The number of benzene rings is 1. The maximum absolute atomic E-state index is 12.8. The quantitative estimate of drug-likeness (QED) is 0.821. The first-order valence-electron chi connectivity index (χ1n) is 7.91. The van der Waals surface area contributed by atoms with Crippen molar-refractivity contribution in [2.24, 2.45) is 17.8 Å². The molecule has 3 rings (SSSR count). The van der Waals surface area contributed by atoms with Crippen molar-refractivity contribution in [2.75, 3.05) is 0 Å². The van der Waals surface area contributed by atoms with Crippen molar-refractivity contribution in [1.82, 2.24) is 0 Å². The topological polar surface area (TPSA) is 34.1 Å². The summed E-state index contributed by atoms with van der Waals surface area (Å²) >= 11 is 0. The molecular weight excluding hydrogens is 248 g/mol. The molecule has 2 aliphatic rings. The van der Waals surface area contributed by atoms with E-state index in [0.29, 0.717) is 17.0 Å². The summed E-state index contributed by atoms with van der Waals surface area (Å²) in [5.74, 6) is 0.765. The molecule has 1 aromatic rings. The molecule has 3 unspecified atom stereocenters. The Balaban J connectivity index is 1.96. The summed E-state index contributed by atoms with van der Waals surface area (Å²) < 4.78 is 0. The van der Waals surface area contributed by atoms with Crippen molar-refractivity contribution in [1.29, 1.82) is 0 Å². The summed E-state index contributed by atoms with van der Waals surface area (Å²) in [6, 6.07) is 7.38. The number of Topliss-reactive ketones (excluding diaryl/α,β-unsaturated/α-hetero) is 2. The highest BCUT2D eigenvalue weighted by Gasteiger charge is 2.46. The number of hydrogen-bond acceptors (Lipinski definition) is 2. The minimum Gasteiger partial charge on any atom is -0.294 e. The molecule has 0 radical (unpaired) electrons. The van der Waals surface area contributed by atoms with Gasteiger partial charge in [0.05, 0.1) is 0 Å². The summed E-state index contributed by atoms with van der Waals surface area (Å²) in [5, 5.41) is 0. The van der Waals surface area contributed by atoms with Crippen molar-refractivity contribution in [2.45, 2.75) is 45.4 Å². The monoisotopic (exact) mass is 270 g/mol. The number of ketones is 2. The molecule has 0 aliphatic heterocycles. The van der Waals surface area contributed by atoms with Gasteiger partial charge in [-0.25, -0.2) is 0 Å². The summed E-state index contributed by atoms with van der Waals surface area (Å²) in [6.07, 6.45) is 6.52. The molecule has 2 aliphatic carbocycles. The molecule has 0 spiro atoms. The molecule has 106 valence electrons. The van der Waals surface area contributed by atoms with Crippen LogP contribution in [0, 0.1) is 17.8 Å². The van der Waals surface area contributed by atoms with Crippen LogP contribution in [0.4, 0.5) is 0 Å². The molecular formula is C18H22O2. The zero-order valence-corrected chi connectivity index (χ0v) is 12.1. The van der Waals surface area contributed by atoms with Crippen LogP contribution in [0.1, 0.15) is 66.2 Å². The van der Waals surface area contributed by atoms with E-state index in [1.807, 2.05) is 24.3 Å². The van der Waals surface area contributed by atoms with Gasteiger partial charge in [0.2, 0.25) is 0 Å². The lowest BCUT2D eigenvalue weighted by molar-refractivity contribution is 0.0565. The number of rotatable bonds is 3. The minimum absolute atomic E-state index is 0.0438. The molecule has 3 atom stereocenters. The van der Waals surface area contributed by atoms with Gasteiger partial charge in [-0.05, 0) is 25.2 Å². The average Bonchev–Trinajstić information content (AvgIpc) is 2.50. The van der Waals surface area contributed by atoms with Crippen molar-refractivity contribution in [3.63, 3.8) is 0 Å². The van der Waals surface area contributed by atoms with Crippen molar-refractivity contribution in [3.05, 3.63) is 35.4 Å². The molecule has 0 aromatic heterocycles. The zero-order chi connectivity index (χ0) is 14.1. The fraction of sp³-hybridized carbons (Fsp3) is 0.556. The predicted molar refractivity (Wildman–Crippen MR) is 78.9 cm³/mol. The Hall–Kier alpha value is -1.44. The fourth-order valence-electron chi connectivity index (χ4n) is 4.06. The molecule has 20 heavy (non-hydrogen) atoms. The average molecular weight is 270 g/mol. The van der Waals surface area contributed by atoms with Gasteiger partial charge < -0.3 is 0 Å². The van der Waals surface area contributed by atoms with Crippen LogP contribution >= 0.6 is 0 Å². The van der Waals surface area contributed by atoms with Crippen LogP contribution in [-0.4, -0.2) is 11.6 Å². The van der Waals surface area contributed by atoms with E-state index >= 15 is 0 Å². The molecule has 0 saturated heterocycles. The smallest absolute Gasteiger partial charge is 0.167 e. The molecule has 0 amide bonds. The second-order valence-electron chi connectivity index (χ2n) is 6.24. The highest BCUT2D eigenvalue weighted by molar-refractivity contribution is 6.16. The standard InChI is InChI=1S/C18H22O2/c1-2-3-7-12-8-6-11-15-16(12)18(20)14-10-5-4-9-13(14)17(15)19/h4-5,9-10,12,15-16H,2-3,6-8,11H2,1H3. The largest absolute Gasteiger partial charge is 0.294 e. The summed E-state index contributed by atoms with van der Waals surface area (Å²) in [7, 11) is 0. The van der Waals surface area contributed by atoms with E-state index in [9.17, 15) is 9.59 Å². The number of carbonyl (C=O) groups excluding carboxylic acids is 2. The van der Waals surface area contributed by atoms with Gasteiger partial charge in [0, 0.05) is 23.0 Å². The lowest BCUT2D eigenvalue weighted by Gasteiger charge is -2.39. The second kappa shape index (κ2) is 5.51. The maximum Gasteiger partial charge on any atom is 0.167 e. The third-order valence-electron chi connectivity index (χ3n) is 5.06. The Labute approximate surface area is 120 Å². The van der Waals surface area contributed by atoms with Gasteiger partial charge in [-0.2, -0.15) is 0 Å². The molecule has 2 nitrogen and oxygen atoms in total. The molecule has 0 N–H and O–H groups in total. The Morgan fingerprint density at radius 3 is 2.45 bits per heavy atom. The third-order valence-corrected chi connectivity index (χ3v) is 5.06. The predicted octanol–water partition coefficient (Wildman–Crippen LogP) is 4.29. The van der Waals surface area contributed by atoms with Gasteiger partial charge in [-0.1, -0.05) is 50.5 Å². The van der Waals surface area contributed by atoms with Crippen LogP contribution in [-0.2, 0) is 0 Å². The first-order valence-corrected chi connectivity index (χ1v) is 7.91. The van der Waals surface area contributed by atoms with Crippen LogP contribution < -0.4 is 0 Å². The normalized spacial score (nSPS) is 28.9. The first-order chi connectivity index (χ1) is 9.74. The lowest BCUT2D eigenvalue weighted by atomic mass is 9.62. The number of carbonyl (C=O) groups is 2. The number of fused-ring (bicyclic) bond motifs is 2. The van der Waals surface area contributed by atoms with Gasteiger partial charge in [0.15, 0.2) is 11.6 Å². The highest BCUT2D eigenvalue weighted by Crippen LogP contribution is 2.44. The van der Waals surface area contributed by atoms with Crippen LogP contribution in [0.15, 0.2) is 24.3 Å². The SMILES string of the molecule is CCCCC1CCCC2C(=O)c3ccccc3C(=O)C12. The van der Waals surface area contributed by atoms with E-state index in [1.165, 1.54) is 0 Å². The highest BCUT2D eigenvalue weighted by atomic mass is 16.1. The summed E-state index contributed by atoms with van der Waals surface area (Å²) in [5.41, 5.74) is 1.33. The Kier molecular flexibility index (Phi) is 3.73. The summed E-state index contributed by atoms with van der Waals surface area (Å²) in [4.78, 5) is 25.5. The molecule has 1 aromatic carbocycles. The van der Waals surface area contributed by atoms with Crippen LogP contribution in [0.3, 0.4) is 0 Å². The third kappa shape index (κ3) is 2.11. The van der Waals surface area contributed by atoms with Crippen molar-refractivity contribution in [3.8, 4) is 0 Å². The molecule has 1 fully saturated rings. The van der Waals surface area contributed by atoms with Gasteiger partial charge in [0.1, 0.15) is 0 Å². The van der Waals surface area contributed by atoms with Crippen molar-refractivity contribution < 1.29 is 9.59 Å². The van der Waals surface area contributed by atoms with Gasteiger partial charge in [-0.15, -0.1) is 0 Å².